The van der Waals surface area contributed by atoms with E-state index in [2.05, 4.69) is 19.2 Å². The van der Waals surface area contributed by atoms with Crippen molar-refractivity contribution in [1.29, 1.82) is 0 Å². The van der Waals surface area contributed by atoms with Crippen LogP contribution in [0.5, 0.6) is 0 Å². The van der Waals surface area contributed by atoms with E-state index in [4.69, 9.17) is 23.2 Å². The molecule has 0 spiro atoms. The van der Waals surface area contributed by atoms with Gasteiger partial charge < -0.3 is 5.32 Å². The van der Waals surface area contributed by atoms with Gasteiger partial charge in [0.2, 0.25) is 0 Å². The van der Waals surface area contributed by atoms with Crippen molar-refractivity contribution in [3.05, 3.63) is 34.6 Å². The van der Waals surface area contributed by atoms with Crippen molar-refractivity contribution in [3.63, 3.8) is 0 Å². The van der Waals surface area contributed by atoms with Crippen LogP contribution in [0.25, 0.3) is 0 Å². The van der Waals surface area contributed by atoms with Crippen molar-refractivity contribution in [1.82, 2.24) is 5.32 Å². The summed E-state index contributed by atoms with van der Waals surface area (Å²) >= 11 is 12.0. The Morgan fingerprint density at radius 2 is 2.00 bits per heavy atom. The SMILES string of the molecule is CCC(CC)C(Cl)CNC(=O)c1cccc(F)c1Cl. The van der Waals surface area contributed by atoms with Crippen molar-refractivity contribution in [3.8, 4) is 0 Å². The van der Waals surface area contributed by atoms with Crippen LogP contribution in [0.1, 0.15) is 37.0 Å². The number of hydrogen-bond donors (Lipinski definition) is 1. The molecule has 19 heavy (non-hydrogen) atoms. The second kappa shape index (κ2) is 7.71. The Labute approximate surface area is 123 Å². The number of hydrogen-bond acceptors (Lipinski definition) is 1. The van der Waals surface area contributed by atoms with E-state index in [1.807, 2.05) is 0 Å². The molecule has 5 heteroatoms. The van der Waals surface area contributed by atoms with E-state index in [1.165, 1.54) is 18.2 Å². The summed E-state index contributed by atoms with van der Waals surface area (Å²) in [5.41, 5.74) is 0.134. The lowest BCUT2D eigenvalue weighted by molar-refractivity contribution is 0.0951. The first-order chi connectivity index (χ1) is 9.01. The van der Waals surface area contributed by atoms with Crippen LogP contribution < -0.4 is 5.32 Å². The van der Waals surface area contributed by atoms with Crippen LogP contribution in [-0.4, -0.2) is 17.8 Å². The summed E-state index contributed by atoms with van der Waals surface area (Å²) in [7, 11) is 0. The van der Waals surface area contributed by atoms with Gasteiger partial charge in [0.1, 0.15) is 5.82 Å². The number of benzene rings is 1. The molecule has 0 aliphatic heterocycles. The van der Waals surface area contributed by atoms with E-state index < -0.39 is 11.7 Å². The molecular formula is C14H18Cl2FNO. The quantitative estimate of drug-likeness (QED) is 0.782. The van der Waals surface area contributed by atoms with Crippen LogP contribution >= 0.6 is 23.2 Å². The molecule has 0 saturated carbocycles. The maximum Gasteiger partial charge on any atom is 0.252 e. The maximum absolute atomic E-state index is 13.2. The molecule has 2 nitrogen and oxygen atoms in total. The Morgan fingerprint density at radius 1 is 1.37 bits per heavy atom. The van der Waals surface area contributed by atoms with Crippen molar-refractivity contribution in [2.45, 2.75) is 32.1 Å². The van der Waals surface area contributed by atoms with Crippen molar-refractivity contribution in [2.24, 2.45) is 5.92 Å². The molecule has 0 heterocycles. The molecule has 106 valence electrons. The van der Waals surface area contributed by atoms with Gasteiger partial charge in [0.15, 0.2) is 0 Å². The molecule has 1 rings (SSSR count). The predicted molar refractivity (Wildman–Crippen MR) is 77.5 cm³/mol. The highest BCUT2D eigenvalue weighted by Gasteiger charge is 2.18. The number of alkyl halides is 1. The summed E-state index contributed by atoms with van der Waals surface area (Å²) in [5, 5.41) is 2.40. The second-order valence-corrected chi connectivity index (χ2v) is 5.34. The highest BCUT2D eigenvalue weighted by atomic mass is 35.5. The average molecular weight is 306 g/mol. The van der Waals surface area contributed by atoms with Gasteiger partial charge >= 0.3 is 0 Å². The number of amides is 1. The molecule has 0 aromatic heterocycles. The number of halogens is 3. The van der Waals surface area contributed by atoms with E-state index in [1.54, 1.807) is 0 Å². The summed E-state index contributed by atoms with van der Waals surface area (Å²) < 4.78 is 13.2. The highest BCUT2D eigenvalue weighted by Crippen LogP contribution is 2.20. The highest BCUT2D eigenvalue weighted by molar-refractivity contribution is 6.34. The van der Waals surface area contributed by atoms with Crippen LogP contribution in [-0.2, 0) is 0 Å². The van der Waals surface area contributed by atoms with Crippen LogP contribution in [0.3, 0.4) is 0 Å². The normalized spacial score (nSPS) is 12.5. The van der Waals surface area contributed by atoms with E-state index in [-0.39, 0.29) is 16.0 Å². The predicted octanol–water partition coefficient (Wildman–Crippen LogP) is 4.25. The summed E-state index contributed by atoms with van der Waals surface area (Å²) in [6.45, 7) is 4.48. The molecule has 1 aromatic carbocycles. The van der Waals surface area contributed by atoms with E-state index in [0.29, 0.717) is 12.5 Å². The molecule has 0 aliphatic rings. The van der Waals surface area contributed by atoms with Gasteiger partial charge in [-0.3, -0.25) is 4.79 Å². The third-order valence-electron chi connectivity index (χ3n) is 3.21. The Bertz CT molecular complexity index is 435. The molecule has 0 fully saturated rings. The smallest absolute Gasteiger partial charge is 0.252 e. The Balaban J connectivity index is 2.63. The number of rotatable bonds is 6. The zero-order valence-electron chi connectivity index (χ0n) is 11.1. The van der Waals surface area contributed by atoms with E-state index in [9.17, 15) is 9.18 Å². The van der Waals surface area contributed by atoms with Gasteiger partial charge in [-0.1, -0.05) is 44.4 Å². The molecule has 1 atom stereocenters. The molecule has 1 N–H and O–H groups in total. The van der Waals surface area contributed by atoms with Crippen molar-refractivity contribution >= 4 is 29.1 Å². The lowest BCUT2D eigenvalue weighted by Crippen LogP contribution is -2.33. The van der Waals surface area contributed by atoms with Gasteiger partial charge in [-0.05, 0) is 18.1 Å². The van der Waals surface area contributed by atoms with Gasteiger partial charge in [0, 0.05) is 6.54 Å². The van der Waals surface area contributed by atoms with Gasteiger partial charge in [0.05, 0.1) is 16.0 Å². The van der Waals surface area contributed by atoms with Crippen LogP contribution in [0.15, 0.2) is 18.2 Å². The zero-order valence-corrected chi connectivity index (χ0v) is 12.6. The van der Waals surface area contributed by atoms with Crippen LogP contribution in [0, 0.1) is 11.7 Å². The van der Waals surface area contributed by atoms with E-state index >= 15 is 0 Å². The standard InChI is InChI=1S/C14H18Cl2FNO/c1-3-9(4-2)11(15)8-18-14(19)10-6-5-7-12(17)13(10)16/h5-7,9,11H,3-4,8H2,1-2H3,(H,18,19). The Morgan fingerprint density at radius 3 is 2.58 bits per heavy atom. The molecular weight excluding hydrogens is 288 g/mol. The topological polar surface area (TPSA) is 29.1 Å². The minimum absolute atomic E-state index is 0.133. The van der Waals surface area contributed by atoms with Gasteiger partial charge in [0.25, 0.3) is 5.91 Å². The first kappa shape index (κ1) is 16.3. The second-order valence-electron chi connectivity index (χ2n) is 4.40. The molecule has 0 aliphatic carbocycles. The van der Waals surface area contributed by atoms with Crippen molar-refractivity contribution in [2.75, 3.05) is 6.54 Å². The van der Waals surface area contributed by atoms with Gasteiger partial charge in [-0.25, -0.2) is 4.39 Å². The third-order valence-corrected chi connectivity index (χ3v) is 4.11. The fourth-order valence-electron chi connectivity index (χ4n) is 1.93. The summed E-state index contributed by atoms with van der Waals surface area (Å²) in [5.74, 6) is -0.650. The summed E-state index contributed by atoms with van der Waals surface area (Å²) in [6, 6.07) is 4.16. The molecule has 0 saturated heterocycles. The van der Waals surface area contributed by atoms with Gasteiger partial charge in [-0.2, -0.15) is 0 Å². The van der Waals surface area contributed by atoms with Crippen molar-refractivity contribution < 1.29 is 9.18 Å². The first-order valence-corrected chi connectivity index (χ1v) is 7.18. The Hall–Kier alpha value is -0.800. The molecule has 1 unspecified atom stereocenters. The number of carbonyl (C=O) groups excluding carboxylic acids is 1. The summed E-state index contributed by atoms with van der Waals surface area (Å²) in [4.78, 5) is 11.9. The molecule has 0 radical (unpaired) electrons. The number of nitrogens with one attached hydrogen (secondary N) is 1. The van der Waals surface area contributed by atoms with Gasteiger partial charge in [-0.15, -0.1) is 11.6 Å². The lowest BCUT2D eigenvalue weighted by atomic mass is 9.99. The number of carbonyl (C=O) groups is 1. The monoisotopic (exact) mass is 305 g/mol. The lowest BCUT2D eigenvalue weighted by Gasteiger charge is -2.19. The minimum Gasteiger partial charge on any atom is -0.350 e. The van der Waals surface area contributed by atoms with Crippen LogP contribution in [0.4, 0.5) is 4.39 Å². The Kier molecular flexibility index (Phi) is 6.59. The molecule has 1 amide bonds. The molecule has 1 aromatic rings. The fraction of sp³-hybridized carbons (Fsp3) is 0.500. The fourth-order valence-corrected chi connectivity index (χ4v) is 2.58. The average Bonchev–Trinajstić information content (AvgIpc) is 2.40. The third kappa shape index (κ3) is 4.36. The first-order valence-electron chi connectivity index (χ1n) is 6.37. The largest absolute Gasteiger partial charge is 0.350 e. The summed E-state index contributed by atoms with van der Waals surface area (Å²) in [6.07, 6.45) is 1.92. The van der Waals surface area contributed by atoms with Crippen LogP contribution in [0.2, 0.25) is 5.02 Å². The maximum atomic E-state index is 13.2. The van der Waals surface area contributed by atoms with E-state index in [0.717, 1.165) is 12.8 Å². The molecule has 0 bridgehead atoms. The minimum atomic E-state index is -0.600. The zero-order chi connectivity index (χ0) is 14.4.